The molecule has 1 amide bonds. The van der Waals surface area contributed by atoms with E-state index in [4.69, 9.17) is 9.15 Å². The van der Waals surface area contributed by atoms with Crippen molar-refractivity contribution in [2.75, 3.05) is 12.4 Å². The quantitative estimate of drug-likeness (QED) is 0.899. The van der Waals surface area contributed by atoms with E-state index >= 15 is 0 Å². The lowest BCUT2D eigenvalue weighted by Gasteiger charge is -1.98. The predicted molar refractivity (Wildman–Crippen MR) is 62.0 cm³/mol. The van der Waals surface area contributed by atoms with Crippen LogP contribution in [0.5, 0.6) is 0 Å². The lowest BCUT2D eigenvalue weighted by atomic mass is 10.3. The summed E-state index contributed by atoms with van der Waals surface area (Å²) < 4.78 is 14.0. The summed E-state index contributed by atoms with van der Waals surface area (Å²) in [4.78, 5) is 15.9. The van der Waals surface area contributed by atoms with Gasteiger partial charge in [0, 0.05) is 24.2 Å². The number of furan rings is 1. The van der Waals surface area contributed by atoms with Gasteiger partial charge in [0.25, 0.3) is 5.91 Å². The largest absolute Gasteiger partial charge is 0.459 e. The highest BCUT2D eigenvalue weighted by Gasteiger charge is 2.14. The number of methoxy groups -OCH3 is 1. The van der Waals surface area contributed by atoms with E-state index in [2.05, 4.69) is 14.7 Å². The van der Waals surface area contributed by atoms with Crippen molar-refractivity contribution in [3.05, 3.63) is 29.5 Å². The molecule has 6 nitrogen and oxygen atoms in total. The third-order valence-corrected chi connectivity index (χ3v) is 2.70. The van der Waals surface area contributed by atoms with Gasteiger partial charge in [-0.1, -0.05) is 0 Å². The average Bonchev–Trinajstić information content (AvgIpc) is 2.88. The fourth-order valence-electron chi connectivity index (χ4n) is 1.25. The van der Waals surface area contributed by atoms with E-state index in [-0.39, 0.29) is 11.7 Å². The van der Waals surface area contributed by atoms with Crippen LogP contribution in [-0.2, 0) is 11.3 Å². The summed E-state index contributed by atoms with van der Waals surface area (Å²) in [6, 6.07) is 1.73. The molecule has 2 aromatic rings. The Kier molecular flexibility index (Phi) is 3.50. The van der Waals surface area contributed by atoms with E-state index in [9.17, 15) is 4.79 Å². The summed E-state index contributed by atoms with van der Waals surface area (Å²) in [5.41, 5.74) is 0.782. The zero-order valence-corrected chi connectivity index (χ0v) is 10.2. The third kappa shape index (κ3) is 2.69. The first-order valence-electron chi connectivity index (χ1n) is 4.87. The summed E-state index contributed by atoms with van der Waals surface area (Å²) in [7, 11) is 1.56. The number of aryl methyl sites for hydroxylation is 1. The predicted octanol–water partition coefficient (Wildman–Crippen LogP) is 1.84. The van der Waals surface area contributed by atoms with Crippen LogP contribution < -0.4 is 5.32 Å². The maximum atomic E-state index is 11.8. The molecule has 0 aromatic carbocycles. The fourth-order valence-corrected chi connectivity index (χ4v) is 1.82. The normalized spacial score (nSPS) is 10.5. The Hall–Kier alpha value is -1.73. The van der Waals surface area contributed by atoms with Crippen molar-refractivity contribution in [1.82, 2.24) is 9.36 Å². The van der Waals surface area contributed by atoms with Crippen LogP contribution in [-0.4, -0.2) is 22.4 Å². The first-order valence-corrected chi connectivity index (χ1v) is 5.65. The lowest BCUT2D eigenvalue weighted by Crippen LogP contribution is -2.11. The summed E-state index contributed by atoms with van der Waals surface area (Å²) in [5.74, 6) is 0.505. The summed E-state index contributed by atoms with van der Waals surface area (Å²) in [6.07, 6.45) is 1.47. The number of nitrogens with one attached hydrogen (secondary N) is 1. The second-order valence-corrected chi connectivity index (χ2v) is 4.09. The van der Waals surface area contributed by atoms with E-state index in [1.54, 1.807) is 20.1 Å². The van der Waals surface area contributed by atoms with Crippen molar-refractivity contribution in [2.24, 2.45) is 0 Å². The van der Waals surface area contributed by atoms with Crippen molar-refractivity contribution in [3.8, 4) is 0 Å². The number of nitrogens with zero attached hydrogens (tertiary/aromatic N) is 2. The molecule has 0 aliphatic rings. The molecular weight excluding hydrogens is 242 g/mol. The highest BCUT2D eigenvalue weighted by Crippen LogP contribution is 2.15. The van der Waals surface area contributed by atoms with Crippen molar-refractivity contribution in [2.45, 2.75) is 13.5 Å². The van der Waals surface area contributed by atoms with Crippen LogP contribution in [0.25, 0.3) is 0 Å². The minimum absolute atomic E-state index is 0.286. The first kappa shape index (κ1) is 11.7. The molecule has 0 atom stereocenters. The van der Waals surface area contributed by atoms with Gasteiger partial charge in [0.1, 0.15) is 6.61 Å². The minimum atomic E-state index is -0.326. The topological polar surface area (TPSA) is 77.2 Å². The van der Waals surface area contributed by atoms with Gasteiger partial charge < -0.3 is 9.15 Å². The molecule has 0 saturated heterocycles. The molecule has 2 aromatic heterocycles. The van der Waals surface area contributed by atoms with E-state index in [0.29, 0.717) is 17.6 Å². The number of ether oxygens (including phenoxy) is 1. The molecule has 1 N–H and O–H groups in total. The first-order chi connectivity index (χ1) is 8.20. The molecule has 0 unspecified atom stereocenters. The van der Waals surface area contributed by atoms with Gasteiger partial charge in [0.2, 0.25) is 5.13 Å². The third-order valence-electron chi connectivity index (χ3n) is 2.03. The summed E-state index contributed by atoms with van der Waals surface area (Å²) in [5, 5.41) is 3.05. The molecule has 0 aliphatic heterocycles. The van der Waals surface area contributed by atoms with Gasteiger partial charge in [-0.2, -0.15) is 4.37 Å². The zero-order chi connectivity index (χ0) is 12.3. The molecule has 2 rings (SSSR count). The molecular formula is C10H11N3O3S. The number of carbonyl (C=O) groups excluding carboxylic acids is 1. The van der Waals surface area contributed by atoms with Crippen molar-refractivity contribution >= 4 is 22.6 Å². The van der Waals surface area contributed by atoms with E-state index in [1.165, 1.54) is 6.26 Å². The Morgan fingerprint density at radius 3 is 3.12 bits per heavy atom. The maximum Gasteiger partial charge on any atom is 0.293 e. The smallest absolute Gasteiger partial charge is 0.293 e. The van der Waals surface area contributed by atoms with Crippen molar-refractivity contribution in [1.29, 1.82) is 0 Å². The van der Waals surface area contributed by atoms with Crippen LogP contribution in [0.2, 0.25) is 0 Å². The number of amides is 1. The van der Waals surface area contributed by atoms with Crippen molar-refractivity contribution in [3.63, 3.8) is 0 Å². The Morgan fingerprint density at radius 1 is 1.65 bits per heavy atom. The molecule has 0 aliphatic carbocycles. The molecule has 17 heavy (non-hydrogen) atoms. The lowest BCUT2D eigenvalue weighted by molar-refractivity contribution is 0.0996. The number of hydrogen-bond donors (Lipinski definition) is 1. The fraction of sp³-hybridized carbons (Fsp3) is 0.300. The van der Waals surface area contributed by atoms with Crippen LogP contribution in [0, 0.1) is 6.92 Å². The second-order valence-electron chi connectivity index (χ2n) is 3.34. The maximum absolute atomic E-state index is 11.8. The SMILES string of the molecule is COCc1nsc(NC(=O)c2occc2C)n1. The van der Waals surface area contributed by atoms with E-state index < -0.39 is 0 Å². The molecule has 0 saturated carbocycles. The van der Waals surface area contributed by atoms with Gasteiger partial charge in [-0.3, -0.25) is 10.1 Å². The van der Waals surface area contributed by atoms with Crippen LogP contribution in [0.4, 0.5) is 5.13 Å². The van der Waals surface area contributed by atoms with E-state index in [0.717, 1.165) is 17.1 Å². The Balaban J connectivity index is 2.05. The number of aromatic nitrogens is 2. The second kappa shape index (κ2) is 5.07. The highest BCUT2D eigenvalue weighted by atomic mass is 32.1. The van der Waals surface area contributed by atoms with Crippen molar-refractivity contribution < 1.29 is 13.9 Å². The number of hydrogen-bond acceptors (Lipinski definition) is 6. The average molecular weight is 253 g/mol. The van der Waals surface area contributed by atoms with Crippen LogP contribution in [0.15, 0.2) is 16.7 Å². The molecule has 0 radical (unpaired) electrons. The Labute approximate surface area is 102 Å². The number of rotatable bonds is 4. The van der Waals surface area contributed by atoms with Gasteiger partial charge in [-0.25, -0.2) is 4.98 Å². The number of carbonyl (C=O) groups is 1. The zero-order valence-electron chi connectivity index (χ0n) is 9.39. The Morgan fingerprint density at radius 2 is 2.47 bits per heavy atom. The van der Waals surface area contributed by atoms with Crippen LogP contribution >= 0.6 is 11.5 Å². The summed E-state index contributed by atoms with van der Waals surface area (Å²) in [6.45, 7) is 2.13. The molecule has 7 heteroatoms. The minimum Gasteiger partial charge on any atom is -0.459 e. The van der Waals surface area contributed by atoms with Gasteiger partial charge in [-0.15, -0.1) is 0 Å². The van der Waals surface area contributed by atoms with Gasteiger partial charge in [-0.05, 0) is 13.0 Å². The van der Waals surface area contributed by atoms with Gasteiger partial charge >= 0.3 is 0 Å². The highest BCUT2D eigenvalue weighted by molar-refractivity contribution is 7.09. The van der Waals surface area contributed by atoms with Crippen LogP contribution in [0.1, 0.15) is 21.9 Å². The van der Waals surface area contributed by atoms with E-state index in [1.807, 2.05) is 0 Å². The monoisotopic (exact) mass is 253 g/mol. The molecule has 0 fully saturated rings. The Bertz CT molecular complexity index is 520. The molecule has 2 heterocycles. The molecule has 0 bridgehead atoms. The standard InChI is InChI=1S/C10H11N3O3S/c1-6-3-4-16-8(6)9(14)12-10-11-7(5-15-2)13-17-10/h3-4H,5H2,1-2H3,(H,11,12,13,14). The number of anilines is 1. The molecule has 90 valence electrons. The van der Waals surface area contributed by atoms with Crippen LogP contribution in [0.3, 0.4) is 0 Å². The van der Waals surface area contributed by atoms with Gasteiger partial charge in [0.15, 0.2) is 11.6 Å². The summed E-state index contributed by atoms with van der Waals surface area (Å²) >= 11 is 1.11. The molecule has 0 spiro atoms. The van der Waals surface area contributed by atoms with Gasteiger partial charge in [0.05, 0.1) is 6.26 Å².